The molecular formula is C14H16. The zero-order chi connectivity index (χ0) is 9.12. The largest absolute Gasteiger partial charge is 0.0620 e. The molecule has 0 aliphatic heterocycles. The van der Waals surface area contributed by atoms with E-state index < -0.39 is 0 Å². The molecule has 0 N–H and O–H groups in total. The van der Waals surface area contributed by atoms with Crippen LogP contribution in [-0.2, 0) is 0 Å². The monoisotopic (exact) mass is 184 g/mol. The van der Waals surface area contributed by atoms with E-state index >= 15 is 0 Å². The van der Waals surface area contributed by atoms with E-state index in [1.54, 1.807) is 11.1 Å². The normalized spacial score (nSPS) is 42.6. The molecule has 2 fully saturated rings. The molecule has 0 spiro atoms. The average Bonchev–Trinajstić information content (AvgIpc) is 2.19. The fourth-order valence-electron chi connectivity index (χ4n) is 4.30. The Morgan fingerprint density at radius 1 is 0.714 bits per heavy atom. The van der Waals surface area contributed by atoms with E-state index in [-0.39, 0.29) is 0 Å². The smallest absolute Gasteiger partial charge is 0.0128 e. The summed E-state index contributed by atoms with van der Waals surface area (Å²) >= 11 is 0. The Balaban J connectivity index is 1.93. The highest BCUT2D eigenvalue weighted by Crippen LogP contribution is 2.62. The van der Waals surface area contributed by atoms with Gasteiger partial charge in [-0.25, -0.2) is 0 Å². The minimum Gasteiger partial charge on any atom is -0.0620 e. The zero-order valence-electron chi connectivity index (χ0n) is 8.45. The lowest BCUT2D eigenvalue weighted by Gasteiger charge is -2.56. The predicted octanol–water partition coefficient (Wildman–Crippen LogP) is 3.69. The molecular weight excluding hydrogens is 168 g/mol. The van der Waals surface area contributed by atoms with Gasteiger partial charge in [-0.15, -0.1) is 0 Å². The molecule has 5 rings (SSSR count). The molecule has 0 heterocycles. The maximum absolute atomic E-state index is 2.39. The number of rotatable bonds is 0. The van der Waals surface area contributed by atoms with Gasteiger partial charge in [-0.1, -0.05) is 24.3 Å². The molecule has 0 radical (unpaired) electrons. The van der Waals surface area contributed by atoms with E-state index in [0.717, 1.165) is 23.7 Å². The highest BCUT2D eigenvalue weighted by atomic mass is 14.5. The molecule has 4 unspecified atom stereocenters. The first-order valence-corrected chi connectivity index (χ1v) is 6.04. The van der Waals surface area contributed by atoms with Gasteiger partial charge in [0.15, 0.2) is 0 Å². The lowest BCUT2D eigenvalue weighted by Crippen LogP contribution is -2.44. The van der Waals surface area contributed by atoms with Crippen molar-refractivity contribution in [2.75, 3.05) is 0 Å². The van der Waals surface area contributed by atoms with Gasteiger partial charge in [0.2, 0.25) is 0 Å². The molecule has 0 saturated heterocycles. The molecule has 72 valence electrons. The summed E-state index contributed by atoms with van der Waals surface area (Å²) in [5.74, 6) is 4.03. The number of benzene rings is 1. The van der Waals surface area contributed by atoms with E-state index in [1.165, 1.54) is 25.7 Å². The molecule has 1 aromatic rings. The van der Waals surface area contributed by atoms with Crippen LogP contribution in [0.15, 0.2) is 24.3 Å². The van der Waals surface area contributed by atoms with Crippen molar-refractivity contribution in [1.29, 1.82) is 0 Å². The van der Waals surface area contributed by atoms with Crippen molar-refractivity contribution < 1.29 is 0 Å². The van der Waals surface area contributed by atoms with E-state index in [0.29, 0.717) is 0 Å². The lowest BCUT2D eigenvalue weighted by molar-refractivity contribution is 0.0497. The summed E-state index contributed by atoms with van der Waals surface area (Å²) in [6.45, 7) is 0. The lowest BCUT2D eigenvalue weighted by atomic mass is 9.49. The first kappa shape index (κ1) is 7.50. The molecule has 1 aromatic carbocycles. The topological polar surface area (TPSA) is 0 Å². The van der Waals surface area contributed by atoms with Gasteiger partial charge in [0.1, 0.15) is 0 Å². The summed E-state index contributed by atoms with van der Waals surface area (Å²) in [5.41, 5.74) is 3.43. The fourth-order valence-corrected chi connectivity index (χ4v) is 4.30. The van der Waals surface area contributed by atoms with Crippen LogP contribution in [-0.4, -0.2) is 0 Å². The van der Waals surface area contributed by atoms with Gasteiger partial charge in [-0.2, -0.15) is 0 Å². The fraction of sp³-hybridized carbons (Fsp3) is 0.571. The predicted molar refractivity (Wildman–Crippen MR) is 57.4 cm³/mol. The highest BCUT2D eigenvalue weighted by molar-refractivity contribution is 5.41. The Morgan fingerprint density at radius 3 is 1.64 bits per heavy atom. The maximum atomic E-state index is 2.39. The molecule has 0 nitrogen and oxygen atoms in total. The average molecular weight is 184 g/mol. The van der Waals surface area contributed by atoms with E-state index in [4.69, 9.17) is 0 Å². The molecule has 4 aliphatic rings. The highest BCUT2D eigenvalue weighted by Gasteiger charge is 2.50. The summed E-state index contributed by atoms with van der Waals surface area (Å²) in [5, 5.41) is 0. The van der Waals surface area contributed by atoms with Crippen LogP contribution in [0.25, 0.3) is 0 Å². The van der Waals surface area contributed by atoms with Crippen LogP contribution in [0, 0.1) is 11.8 Å². The molecule has 0 heteroatoms. The van der Waals surface area contributed by atoms with Gasteiger partial charge in [-0.05, 0) is 60.5 Å². The summed E-state index contributed by atoms with van der Waals surface area (Å²) in [6, 6.07) is 9.24. The van der Waals surface area contributed by atoms with E-state index in [2.05, 4.69) is 24.3 Å². The van der Waals surface area contributed by atoms with Crippen molar-refractivity contribution in [2.24, 2.45) is 11.8 Å². The van der Waals surface area contributed by atoms with E-state index in [9.17, 15) is 0 Å². The van der Waals surface area contributed by atoms with Crippen molar-refractivity contribution in [3.8, 4) is 0 Å². The van der Waals surface area contributed by atoms with Crippen LogP contribution in [0.4, 0.5) is 0 Å². The van der Waals surface area contributed by atoms with Crippen molar-refractivity contribution in [3.63, 3.8) is 0 Å². The molecule has 0 amide bonds. The zero-order valence-corrected chi connectivity index (χ0v) is 8.45. The Morgan fingerprint density at radius 2 is 1.21 bits per heavy atom. The first-order valence-electron chi connectivity index (χ1n) is 6.04. The second kappa shape index (κ2) is 2.42. The number of hydrogen-bond donors (Lipinski definition) is 0. The van der Waals surface area contributed by atoms with Gasteiger partial charge < -0.3 is 0 Å². The SMILES string of the molecule is c1ccc2c(c1)C1CCC2C2CCC12. The van der Waals surface area contributed by atoms with Crippen molar-refractivity contribution in [2.45, 2.75) is 37.5 Å². The van der Waals surface area contributed by atoms with Gasteiger partial charge in [0.25, 0.3) is 0 Å². The molecule has 2 bridgehead atoms. The van der Waals surface area contributed by atoms with Crippen LogP contribution in [0.3, 0.4) is 0 Å². The van der Waals surface area contributed by atoms with Gasteiger partial charge in [0.05, 0.1) is 0 Å². The van der Waals surface area contributed by atoms with Crippen molar-refractivity contribution in [3.05, 3.63) is 35.4 Å². The standard InChI is InChI=1S/C14H16/c1-2-4-10-9(3-1)11-5-6-12(10)14-8-7-13(11)14/h1-4,11-14H,5-8H2. The summed E-state index contributed by atoms with van der Waals surface area (Å²) in [4.78, 5) is 0. The number of hydrogen-bond acceptors (Lipinski definition) is 0. The van der Waals surface area contributed by atoms with Crippen LogP contribution >= 0.6 is 0 Å². The Labute approximate surface area is 85.3 Å². The van der Waals surface area contributed by atoms with E-state index in [1.807, 2.05) is 0 Å². The van der Waals surface area contributed by atoms with Crippen LogP contribution in [0.1, 0.15) is 48.6 Å². The molecule has 2 saturated carbocycles. The van der Waals surface area contributed by atoms with Crippen LogP contribution < -0.4 is 0 Å². The quantitative estimate of drug-likeness (QED) is 0.577. The third kappa shape index (κ3) is 0.724. The summed E-state index contributed by atoms with van der Waals surface area (Å²) < 4.78 is 0. The minimum absolute atomic E-state index is 0.940. The molecule has 4 atom stereocenters. The Kier molecular flexibility index (Phi) is 1.30. The third-order valence-corrected chi connectivity index (χ3v) is 5.00. The third-order valence-electron chi connectivity index (χ3n) is 5.00. The second-order valence-electron chi connectivity index (χ2n) is 5.32. The Bertz CT molecular complexity index is 342. The molecule has 4 aliphatic carbocycles. The van der Waals surface area contributed by atoms with Crippen LogP contribution in [0.2, 0.25) is 0 Å². The molecule has 0 aromatic heterocycles. The first-order chi connectivity index (χ1) is 6.95. The van der Waals surface area contributed by atoms with Gasteiger partial charge in [-0.3, -0.25) is 0 Å². The second-order valence-corrected chi connectivity index (χ2v) is 5.32. The summed E-state index contributed by atoms with van der Waals surface area (Å²) in [6.07, 6.45) is 5.98. The number of fused-ring (bicyclic) bond motifs is 1. The van der Waals surface area contributed by atoms with Crippen molar-refractivity contribution >= 4 is 0 Å². The summed E-state index contributed by atoms with van der Waals surface area (Å²) in [7, 11) is 0. The van der Waals surface area contributed by atoms with Gasteiger partial charge in [0, 0.05) is 0 Å². The van der Waals surface area contributed by atoms with Gasteiger partial charge >= 0.3 is 0 Å². The maximum Gasteiger partial charge on any atom is -0.0128 e. The molecule has 14 heavy (non-hydrogen) atoms. The minimum atomic E-state index is 0.940. The van der Waals surface area contributed by atoms with Crippen molar-refractivity contribution in [1.82, 2.24) is 0 Å². The van der Waals surface area contributed by atoms with Crippen LogP contribution in [0.5, 0.6) is 0 Å². The Hall–Kier alpha value is -0.780.